The zero-order valence-electron chi connectivity index (χ0n) is 13.5. The van der Waals surface area contributed by atoms with Crippen molar-refractivity contribution in [3.8, 4) is 11.8 Å². The van der Waals surface area contributed by atoms with Crippen LogP contribution in [-0.2, 0) is 10.3 Å². The summed E-state index contributed by atoms with van der Waals surface area (Å²) in [5, 5.41) is 12.3. The number of rotatable bonds is 5. The van der Waals surface area contributed by atoms with Crippen LogP contribution in [0.1, 0.15) is 25.0 Å². The summed E-state index contributed by atoms with van der Waals surface area (Å²) in [6.07, 6.45) is -0.699. The molecule has 1 amide bonds. The number of carbonyl (C=O) groups is 1. The van der Waals surface area contributed by atoms with Crippen LogP contribution < -0.4 is 10.1 Å². The molecule has 0 fully saturated rings. The average Bonchev–Trinajstić information content (AvgIpc) is 2.56. The first-order chi connectivity index (χ1) is 10.9. The Bertz CT molecular complexity index is 704. The molecule has 4 heteroatoms. The molecule has 23 heavy (non-hydrogen) atoms. The highest BCUT2D eigenvalue weighted by atomic mass is 16.5. The van der Waals surface area contributed by atoms with E-state index in [0.717, 1.165) is 11.1 Å². The fraction of sp³-hybridized carbons (Fsp3) is 0.263. The van der Waals surface area contributed by atoms with Gasteiger partial charge in [0, 0.05) is 0 Å². The number of ether oxygens (including phenoxy) is 1. The van der Waals surface area contributed by atoms with Gasteiger partial charge in [-0.2, -0.15) is 5.26 Å². The van der Waals surface area contributed by atoms with E-state index in [-0.39, 0.29) is 5.91 Å². The first-order valence-corrected chi connectivity index (χ1v) is 7.47. The van der Waals surface area contributed by atoms with Crippen LogP contribution in [0.4, 0.5) is 0 Å². The van der Waals surface area contributed by atoms with Crippen LogP contribution >= 0.6 is 0 Å². The molecule has 0 aliphatic carbocycles. The normalized spacial score (nSPS) is 14.2. The van der Waals surface area contributed by atoms with Crippen molar-refractivity contribution in [2.45, 2.75) is 32.4 Å². The van der Waals surface area contributed by atoms with Gasteiger partial charge in [-0.1, -0.05) is 48.0 Å². The highest BCUT2D eigenvalue weighted by Crippen LogP contribution is 2.21. The molecule has 0 saturated heterocycles. The summed E-state index contributed by atoms with van der Waals surface area (Å²) in [6.45, 7) is 5.32. The minimum absolute atomic E-state index is 0.335. The van der Waals surface area contributed by atoms with Crippen molar-refractivity contribution in [2.75, 3.05) is 0 Å². The van der Waals surface area contributed by atoms with Gasteiger partial charge in [0.2, 0.25) is 0 Å². The van der Waals surface area contributed by atoms with E-state index in [1.165, 1.54) is 0 Å². The van der Waals surface area contributed by atoms with Gasteiger partial charge in [-0.15, -0.1) is 0 Å². The lowest BCUT2D eigenvalue weighted by molar-refractivity contribution is -0.128. The molecule has 0 aliphatic rings. The number of para-hydroxylation sites is 1. The van der Waals surface area contributed by atoms with Crippen LogP contribution in [0.25, 0.3) is 0 Å². The number of amides is 1. The molecule has 0 bridgehead atoms. The Hall–Kier alpha value is -2.80. The molecule has 4 nitrogen and oxygen atoms in total. The Morgan fingerprint density at radius 3 is 2.35 bits per heavy atom. The summed E-state index contributed by atoms with van der Waals surface area (Å²) in [6, 6.07) is 18.8. The van der Waals surface area contributed by atoms with Crippen molar-refractivity contribution in [1.29, 1.82) is 5.26 Å². The highest BCUT2D eigenvalue weighted by Gasteiger charge is 2.30. The summed E-state index contributed by atoms with van der Waals surface area (Å²) < 4.78 is 5.60. The highest BCUT2D eigenvalue weighted by molar-refractivity contribution is 5.82. The van der Waals surface area contributed by atoms with Crippen LogP contribution in [0.15, 0.2) is 54.6 Å². The van der Waals surface area contributed by atoms with Crippen LogP contribution in [-0.4, -0.2) is 12.0 Å². The third-order valence-electron chi connectivity index (χ3n) is 3.65. The molecule has 0 aromatic heterocycles. The lowest BCUT2D eigenvalue weighted by Crippen LogP contribution is -2.47. The van der Waals surface area contributed by atoms with Crippen molar-refractivity contribution in [3.05, 3.63) is 65.7 Å². The van der Waals surface area contributed by atoms with Crippen LogP contribution in [0.5, 0.6) is 5.75 Å². The zero-order valence-corrected chi connectivity index (χ0v) is 13.5. The topological polar surface area (TPSA) is 62.1 Å². The largest absolute Gasteiger partial charge is 0.481 e. The molecule has 1 N–H and O–H groups in total. The first-order valence-electron chi connectivity index (χ1n) is 7.47. The predicted molar refractivity (Wildman–Crippen MR) is 88.8 cm³/mol. The third-order valence-corrected chi connectivity index (χ3v) is 3.65. The van der Waals surface area contributed by atoms with E-state index in [0.29, 0.717) is 5.75 Å². The first kappa shape index (κ1) is 16.6. The number of hydrogen-bond donors (Lipinski definition) is 1. The second-order valence-corrected chi connectivity index (χ2v) is 5.67. The molecular formula is C19H20N2O2. The minimum atomic E-state index is -1.10. The van der Waals surface area contributed by atoms with Gasteiger partial charge in [0.25, 0.3) is 5.91 Å². The molecule has 118 valence electrons. The molecule has 2 rings (SSSR count). The predicted octanol–water partition coefficient (Wildman–Crippen LogP) is 3.32. The number of hydrogen-bond acceptors (Lipinski definition) is 3. The smallest absolute Gasteiger partial charge is 0.262 e. The lowest BCUT2D eigenvalue weighted by atomic mass is 9.92. The molecule has 0 aliphatic heterocycles. The summed E-state index contributed by atoms with van der Waals surface area (Å²) >= 11 is 0. The van der Waals surface area contributed by atoms with Crippen molar-refractivity contribution < 1.29 is 9.53 Å². The number of nitrogens with one attached hydrogen (secondary N) is 1. The molecule has 0 heterocycles. The van der Waals surface area contributed by atoms with Gasteiger partial charge < -0.3 is 10.1 Å². The Labute approximate surface area is 136 Å². The van der Waals surface area contributed by atoms with Crippen molar-refractivity contribution in [3.63, 3.8) is 0 Å². The number of nitriles is 1. The zero-order chi connectivity index (χ0) is 16.9. The van der Waals surface area contributed by atoms with E-state index in [1.54, 1.807) is 26.0 Å². The van der Waals surface area contributed by atoms with Crippen LogP contribution in [0.2, 0.25) is 0 Å². The van der Waals surface area contributed by atoms with Crippen molar-refractivity contribution >= 4 is 5.91 Å². The summed E-state index contributed by atoms with van der Waals surface area (Å²) in [5.74, 6) is 0.280. The fourth-order valence-electron chi connectivity index (χ4n) is 2.16. The van der Waals surface area contributed by atoms with Crippen molar-refractivity contribution in [2.24, 2.45) is 0 Å². The van der Waals surface area contributed by atoms with Crippen LogP contribution in [0.3, 0.4) is 0 Å². The lowest BCUT2D eigenvalue weighted by Gasteiger charge is -2.26. The number of nitrogens with zero attached hydrogens (tertiary/aromatic N) is 1. The number of carbonyl (C=O) groups excluding carboxylic acids is 1. The molecule has 0 radical (unpaired) electrons. The molecule has 0 saturated carbocycles. The molecule has 2 aromatic carbocycles. The average molecular weight is 308 g/mol. The Kier molecular flexibility index (Phi) is 5.02. The van der Waals surface area contributed by atoms with Gasteiger partial charge in [0.05, 0.1) is 6.07 Å². The van der Waals surface area contributed by atoms with E-state index < -0.39 is 11.6 Å². The summed E-state index contributed by atoms with van der Waals surface area (Å²) in [5.41, 5.74) is 0.742. The van der Waals surface area contributed by atoms with Crippen molar-refractivity contribution in [1.82, 2.24) is 5.32 Å². The Balaban J connectivity index is 2.10. The SMILES string of the molecule is Cc1ccc(C(C)(C#N)NC(=O)C(C)Oc2ccccc2)cc1. The van der Waals surface area contributed by atoms with E-state index in [2.05, 4.69) is 11.4 Å². The van der Waals surface area contributed by atoms with Crippen LogP contribution in [0, 0.1) is 18.3 Å². The van der Waals surface area contributed by atoms with Gasteiger partial charge in [-0.25, -0.2) is 0 Å². The quantitative estimate of drug-likeness (QED) is 0.921. The second kappa shape index (κ2) is 6.97. The molecule has 2 aromatic rings. The van der Waals surface area contributed by atoms with E-state index in [4.69, 9.17) is 4.74 Å². The van der Waals surface area contributed by atoms with E-state index in [1.807, 2.05) is 49.4 Å². The fourth-order valence-corrected chi connectivity index (χ4v) is 2.16. The summed E-state index contributed by atoms with van der Waals surface area (Å²) in [7, 11) is 0. The molecule has 0 spiro atoms. The maximum atomic E-state index is 12.4. The third kappa shape index (κ3) is 4.10. The monoisotopic (exact) mass is 308 g/mol. The van der Waals surface area contributed by atoms with E-state index in [9.17, 15) is 10.1 Å². The van der Waals surface area contributed by atoms with E-state index >= 15 is 0 Å². The van der Waals surface area contributed by atoms with Gasteiger partial charge in [0.1, 0.15) is 11.3 Å². The molecular weight excluding hydrogens is 288 g/mol. The standard InChI is InChI=1S/C19H20N2O2/c1-14-9-11-16(12-10-14)19(3,13-20)21-18(22)15(2)23-17-7-5-4-6-8-17/h4-12,15H,1-3H3,(H,21,22). The maximum absolute atomic E-state index is 12.4. The number of benzene rings is 2. The minimum Gasteiger partial charge on any atom is -0.481 e. The van der Waals surface area contributed by atoms with Gasteiger partial charge in [0.15, 0.2) is 6.10 Å². The van der Waals surface area contributed by atoms with Gasteiger partial charge >= 0.3 is 0 Å². The Morgan fingerprint density at radius 2 is 1.78 bits per heavy atom. The van der Waals surface area contributed by atoms with Gasteiger partial charge in [-0.05, 0) is 38.5 Å². The maximum Gasteiger partial charge on any atom is 0.262 e. The summed E-state index contributed by atoms with van der Waals surface area (Å²) in [4.78, 5) is 12.4. The van der Waals surface area contributed by atoms with Gasteiger partial charge in [-0.3, -0.25) is 4.79 Å². The second-order valence-electron chi connectivity index (χ2n) is 5.67. The number of aryl methyl sites for hydroxylation is 1. The molecule has 2 atom stereocenters. The Morgan fingerprint density at radius 1 is 1.17 bits per heavy atom. The molecule has 2 unspecified atom stereocenters.